The summed E-state index contributed by atoms with van der Waals surface area (Å²) >= 11 is 0. The van der Waals surface area contributed by atoms with E-state index < -0.39 is 0 Å². The molecule has 2 rings (SSSR count). The fraction of sp³-hybridized carbons (Fsp3) is 0.938. The molecule has 3 N–H and O–H groups in total. The number of likely N-dealkylation sites (tertiary alicyclic amines) is 1. The van der Waals surface area contributed by atoms with Gasteiger partial charge in [-0.05, 0) is 39.5 Å². The summed E-state index contributed by atoms with van der Waals surface area (Å²) < 4.78 is 11.1. The van der Waals surface area contributed by atoms with E-state index in [-0.39, 0.29) is 48.5 Å². The van der Waals surface area contributed by atoms with Crippen molar-refractivity contribution >= 4 is 30.7 Å². The van der Waals surface area contributed by atoms with Crippen molar-refractivity contribution in [1.29, 1.82) is 0 Å². The Morgan fingerprint density at radius 2 is 1.88 bits per heavy atom. The normalized spacial score (nSPS) is 25.7. The zero-order valence-corrected chi connectivity index (χ0v) is 16.6. The zero-order valence-electron chi connectivity index (χ0n) is 15.0. The van der Waals surface area contributed by atoms with Gasteiger partial charge >= 0.3 is 0 Å². The molecule has 2 heterocycles. The largest absolute Gasteiger partial charge is 0.381 e. The van der Waals surface area contributed by atoms with E-state index in [0.717, 1.165) is 38.8 Å². The molecule has 2 fully saturated rings. The summed E-state index contributed by atoms with van der Waals surface area (Å²) in [4.78, 5) is 14.7. The van der Waals surface area contributed by atoms with E-state index in [0.29, 0.717) is 19.2 Å². The Labute approximate surface area is 158 Å². The minimum absolute atomic E-state index is 0. The molecule has 0 radical (unpaired) electrons. The highest BCUT2D eigenvalue weighted by atomic mass is 35.5. The number of carbonyl (C=O) groups is 1. The molecule has 2 saturated heterocycles. The molecule has 2 aliphatic rings. The van der Waals surface area contributed by atoms with Gasteiger partial charge in [0.05, 0.1) is 12.2 Å². The lowest BCUT2D eigenvalue weighted by Gasteiger charge is -2.42. The average Bonchev–Trinajstić information content (AvgIpc) is 3.02. The predicted molar refractivity (Wildman–Crippen MR) is 100 cm³/mol. The van der Waals surface area contributed by atoms with Crippen LogP contribution in [0.15, 0.2) is 0 Å². The maximum Gasteiger partial charge on any atom is 0.249 e. The Kier molecular flexibility index (Phi) is 10.7. The van der Waals surface area contributed by atoms with Crippen LogP contribution in [0.1, 0.15) is 39.5 Å². The SMILES string of the molecule is COC1CCN(C(C)(C)CNC(=O)[C@@H]2CC[C@H](CN)O2)CC1.Cl.Cl. The Balaban J connectivity index is 0.00000264. The smallest absolute Gasteiger partial charge is 0.249 e. The number of methoxy groups -OCH3 is 1. The third kappa shape index (κ3) is 6.32. The van der Waals surface area contributed by atoms with Gasteiger partial charge in [0.1, 0.15) is 6.10 Å². The Morgan fingerprint density at radius 1 is 1.25 bits per heavy atom. The highest BCUT2D eigenvalue weighted by molar-refractivity contribution is 5.85. The molecule has 0 aromatic heterocycles. The molecule has 0 unspecified atom stereocenters. The van der Waals surface area contributed by atoms with Crippen LogP contribution in [-0.2, 0) is 14.3 Å². The van der Waals surface area contributed by atoms with Gasteiger partial charge in [-0.1, -0.05) is 0 Å². The summed E-state index contributed by atoms with van der Waals surface area (Å²) in [6.45, 7) is 7.50. The van der Waals surface area contributed by atoms with Crippen molar-refractivity contribution in [2.75, 3.05) is 33.3 Å². The summed E-state index contributed by atoms with van der Waals surface area (Å²) in [5, 5.41) is 3.05. The summed E-state index contributed by atoms with van der Waals surface area (Å²) in [5.41, 5.74) is 5.53. The molecule has 6 nitrogen and oxygen atoms in total. The Hall–Kier alpha value is -0.110. The van der Waals surface area contributed by atoms with Crippen LogP contribution in [0.4, 0.5) is 0 Å². The second-order valence-corrected chi connectivity index (χ2v) is 7.01. The molecule has 0 aromatic carbocycles. The summed E-state index contributed by atoms with van der Waals surface area (Å²) in [6.07, 6.45) is 3.84. The Bertz CT molecular complexity index is 378. The van der Waals surface area contributed by atoms with Gasteiger partial charge in [-0.2, -0.15) is 0 Å². The second kappa shape index (κ2) is 10.8. The lowest BCUT2D eigenvalue weighted by Crippen LogP contribution is -2.55. The number of piperidine rings is 1. The first-order chi connectivity index (χ1) is 10.5. The van der Waals surface area contributed by atoms with Crippen LogP contribution in [-0.4, -0.2) is 67.9 Å². The summed E-state index contributed by atoms with van der Waals surface area (Å²) in [6, 6.07) is 0. The number of hydrogen-bond acceptors (Lipinski definition) is 5. The number of hydrogen-bond donors (Lipinski definition) is 2. The highest BCUT2D eigenvalue weighted by Crippen LogP contribution is 2.22. The molecule has 24 heavy (non-hydrogen) atoms. The first kappa shape index (κ1) is 23.9. The van der Waals surface area contributed by atoms with E-state index in [1.165, 1.54) is 0 Å². The third-order valence-electron chi connectivity index (χ3n) is 4.99. The van der Waals surface area contributed by atoms with Gasteiger partial charge < -0.3 is 20.5 Å². The van der Waals surface area contributed by atoms with Crippen LogP contribution in [0.5, 0.6) is 0 Å². The molecule has 0 aromatic rings. The van der Waals surface area contributed by atoms with Crippen molar-refractivity contribution in [3.63, 3.8) is 0 Å². The van der Waals surface area contributed by atoms with Crippen molar-refractivity contribution in [3.8, 4) is 0 Å². The molecule has 8 heteroatoms. The second-order valence-electron chi connectivity index (χ2n) is 7.01. The first-order valence-electron chi connectivity index (χ1n) is 8.37. The van der Waals surface area contributed by atoms with Gasteiger partial charge in [-0.15, -0.1) is 24.8 Å². The van der Waals surface area contributed by atoms with E-state index in [2.05, 4.69) is 24.1 Å². The Morgan fingerprint density at radius 3 is 2.38 bits per heavy atom. The van der Waals surface area contributed by atoms with Crippen LogP contribution in [0.25, 0.3) is 0 Å². The van der Waals surface area contributed by atoms with E-state index >= 15 is 0 Å². The third-order valence-corrected chi connectivity index (χ3v) is 4.99. The van der Waals surface area contributed by atoms with Crippen LogP contribution >= 0.6 is 24.8 Å². The molecule has 2 atom stereocenters. The maximum atomic E-state index is 12.2. The van der Waals surface area contributed by atoms with E-state index in [1.54, 1.807) is 7.11 Å². The molecule has 0 spiro atoms. The van der Waals surface area contributed by atoms with Crippen LogP contribution in [0, 0.1) is 0 Å². The fourth-order valence-electron chi connectivity index (χ4n) is 3.30. The van der Waals surface area contributed by atoms with Crippen LogP contribution < -0.4 is 11.1 Å². The van der Waals surface area contributed by atoms with Gasteiger partial charge in [-0.3, -0.25) is 9.69 Å². The summed E-state index contributed by atoms with van der Waals surface area (Å²) in [5.74, 6) is -0.00389. The number of rotatable bonds is 6. The van der Waals surface area contributed by atoms with Crippen molar-refractivity contribution in [3.05, 3.63) is 0 Å². The molecule has 0 aliphatic carbocycles. The molecule has 0 saturated carbocycles. The van der Waals surface area contributed by atoms with Crippen molar-refractivity contribution in [2.24, 2.45) is 5.73 Å². The van der Waals surface area contributed by atoms with Crippen LogP contribution in [0.2, 0.25) is 0 Å². The average molecular weight is 386 g/mol. The minimum Gasteiger partial charge on any atom is -0.381 e. The monoisotopic (exact) mass is 385 g/mol. The molecular formula is C16H33Cl2N3O3. The lowest BCUT2D eigenvalue weighted by atomic mass is 9.97. The first-order valence-corrected chi connectivity index (χ1v) is 8.37. The number of nitrogens with one attached hydrogen (secondary N) is 1. The fourth-order valence-corrected chi connectivity index (χ4v) is 3.30. The van der Waals surface area contributed by atoms with Gasteiger partial charge in [0, 0.05) is 38.8 Å². The van der Waals surface area contributed by atoms with E-state index in [9.17, 15) is 4.79 Å². The van der Waals surface area contributed by atoms with Gasteiger partial charge in [-0.25, -0.2) is 0 Å². The molecule has 1 amide bonds. The van der Waals surface area contributed by atoms with Gasteiger partial charge in [0.25, 0.3) is 0 Å². The molecule has 2 aliphatic heterocycles. The lowest BCUT2D eigenvalue weighted by molar-refractivity contribution is -0.132. The number of amides is 1. The number of ether oxygens (including phenoxy) is 2. The van der Waals surface area contributed by atoms with Gasteiger partial charge in [0.15, 0.2) is 0 Å². The number of halogens is 2. The van der Waals surface area contributed by atoms with E-state index in [1.807, 2.05) is 0 Å². The molecule has 144 valence electrons. The predicted octanol–water partition coefficient (Wildman–Crippen LogP) is 1.34. The molecular weight excluding hydrogens is 353 g/mol. The quantitative estimate of drug-likeness (QED) is 0.721. The standard InChI is InChI=1S/C16H31N3O3.2ClH/c1-16(2,19-8-6-12(21-3)7-9-19)11-18-15(20)14-5-4-13(10-17)22-14;;/h12-14H,4-11,17H2,1-3H3,(H,18,20);2*1H/t13-,14+;;/m1../s1. The van der Waals surface area contributed by atoms with Crippen LogP contribution in [0.3, 0.4) is 0 Å². The number of nitrogens with zero attached hydrogens (tertiary/aromatic N) is 1. The highest BCUT2D eigenvalue weighted by Gasteiger charge is 2.33. The van der Waals surface area contributed by atoms with Crippen molar-refractivity contribution in [1.82, 2.24) is 10.2 Å². The van der Waals surface area contributed by atoms with E-state index in [4.69, 9.17) is 15.2 Å². The van der Waals surface area contributed by atoms with Gasteiger partial charge in [0.2, 0.25) is 5.91 Å². The number of carbonyl (C=O) groups excluding carboxylic acids is 1. The van der Waals surface area contributed by atoms with Crippen molar-refractivity contribution < 1.29 is 14.3 Å². The molecule has 0 bridgehead atoms. The number of nitrogens with two attached hydrogens (primary N) is 1. The maximum absolute atomic E-state index is 12.2. The topological polar surface area (TPSA) is 76.8 Å². The zero-order chi connectivity index (χ0) is 16.2. The van der Waals surface area contributed by atoms with Crippen molar-refractivity contribution in [2.45, 2.75) is 63.4 Å². The summed E-state index contributed by atoms with van der Waals surface area (Å²) in [7, 11) is 1.78. The minimum atomic E-state index is -0.330.